The van der Waals surface area contributed by atoms with E-state index in [1.807, 2.05) is 16.7 Å². The molecule has 1 unspecified atom stereocenters. The van der Waals surface area contributed by atoms with Gasteiger partial charge < -0.3 is 10.0 Å². The molecule has 1 atom stereocenters. The van der Waals surface area contributed by atoms with Crippen molar-refractivity contribution in [2.75, 3.05) is 32.7 Å². The summed E-state index contributed by atoms with van der Waals surface area (Å²) in [6.07, 6.45) is 2.37. The van der Waals surface area contributed by atoms with Gasteiger partial charge in [-0.2, -0.15) is 0 Å². The molecule has 2 rings (SSSR count). The molecule has 1 N–H and O–H groups in total. The van der Waals surface area contributed by atoms with Crippen LogP contribution >= 0.6 is 0 Å². The normalized spacial score (nSPS) is 29.9. The maximum atomic E-state index is 12.0. The molecule has 0 aromatic rings. The van der Waals surface area contributed by atoms with Crippen molar-refractivity contribution in [2.45, 2.75) is 32.3 Å². The van der Waals surface area contributed by atoms with Gasteiger partial charge in [-0.15, -0.1) is 0 Å². The van der Waals surface area contributed by atoms with Crippen molar-refractivity contribution in [3.05, 3.63) is 0 Å². The van der Waals surface area contributed by atoms with Gasteiger partial charge in [-0.1, -0.05) is 6.92 Å². The average molecular weight is 226 g/mol. The third-order valence-corrected chi connectivity index (χ3v) is 3.50. The molecular weight excluding hydrogens is 204 g/mol. The van der Waals surface area contributed by atoms with Crippen molar-refractivity contribution >= 4 is 5.91 Å². The van der Waals surface area contributed by atoms with Crippen molar-refractivity contribution in [3.63, 3.8) is 0 Å². The minimum absolute atomic E-state index is 0.224. The molecule has 0 bridgehead atoms. The third kappa shape index (κ3) is 2.74. The van der Waals surface area contributed by atoms with Crippen LogP contribution < -0.4 is 0 Å². The van der Waals surface area contributed by atoms with Gasteiger partial charge in [-0.05, 0) is 25.7 Å². The van der Waals surface area contributed by atoms with Crippen LogP contribution in [0.1, 0.15) is 26.7 Å². The summed E-state index contributed by atoms with van der Waals surface area (Å²) in [5.41, 5.74) is -0.574. The van der Waals surface area contributed by atoms with Crippen LogP contribution in [0.5, 0.6) is 0 Å². The van der Waals surface area contributed by atoms with Gasteiger partial charge in [0.2, 0.25) is 5.91 Å². The second-order valence-electron chi connectivity index (χ2n) is 5.73. The number of piperidine rings is 1. The van der Waals surface area contributed by atoms with E-state index in [1.54, 1.807) is 0 Å². The number of nitrogens with zero attached hydrogens (tertiary/aromatic N) is 2. The zero-order valence-corrected chi connectivity index (χ0v) is 10.3. The van der Waals surface area contributed by atoms with E-state index in [9.17, 15) is 9.90 Å². The molecular formula is C12H22N2O2. The average Bonchev–Trinajstić information content (AvgIpc) is 2.14. The van der Waals surface area contributed by atoms with Gasteiger partial charge in [0.25, 0.3) is 0 Å². The predicted octanol–water partition coefficient (Wildman–Crippen LogP) is 0.311. The van der Waals surface area contributed by atoms with Crippen molar-refractivity contribution in [1.29, 1.82) is 0 Å². The van der Waals surface area contributed by atoms with Gasteiger partial charge in [0.15, 0.2) is 0 Å². The molecule has 2 heterocycles. The van der Waals surface area contributed by atoms with Gasteiger partial charge in [0.05, 0.1) is 12.1 Å². The number of hydrogen-bond acceptors (Lipinski definition) is 3. The van der Waals surface area contributed by atoms with E-state index in [0.717, 1.165) is 19.5 Å². The molecule has 0 aliphatic carbocycles. The van der Waals surface area contributed by atoms with Gasteiger partial charge in [0.1, 0.15) is 0 Å². The lowest BCUT2D eigenvalue weighted by Crippen LogP contribution is -2.62. The molecule has 2 fully saturated rings. The Morgan fingerprint density at radius 1 is 1.50 bits per heavy atom. The Morgan fingerprint density at radius 2 is 2.19 bits per heavy atom. The molecule has 16 heavy (non-hydrogen) atoms. The molecule has 2 aliphatic rings. The van der Waals surface area contributed by atoms with Crippen LogP contribution in [-0.2, 0) is 4.79 Å². The summed E-state index contributed by atoms with van der Waals surface area (Å²) in [6.45, 7) is 7.56. The Hall–Kier alpha value is -0.610. The molecule has 0 radical (unpaired) electrons. The summed E-state index contributed by atoms with van der Waals surface area (Å²) < 4.78 is 0. The van der Waals surface area contributed by atoms with Gasteiger partial charge in [-0.3, -0.25) is 9.69 Å². The monoisotopic (exact) mass is 226 g/mol. The lowest BCUT2D eigenvalue weighted by atomic mass is 9.96. The number of rotatable bonds is 2. The van der Waals surface area contributed by atoms with Gasteiger partial charge in [-0.25, -0.2) is 0 Å². The van der Waals surface area contributed by atoms with E-state index in [-0.39, 0.29) is 5.91 Å². The van der Waals surface area contributed by atoms with Crippen LogP contribution in [0.15, 0.2) is 0 Å². The smallest absolute Gasteiger partial charge is 0.236 e. The first-order valence-corrected chi connectivity index (χ1v) is 6.19. The summed E-state index contributed by atoms with van der Waals surface area (Å²) in [5.74, 6) is 0.860. The number of aliphatic hydroxyl groups is 1. The van der Waals surface area contributed by atoms with Crippen LogP contribution in [0.3, 0.4) is 0 Å². The number of carbonyl (C=O) groups is 1. The largest absolute Gasteiger partial charge is 0.388 e. The van der Waals surface area contributed by atoms with Crippen molar-refractivity contribution in [1.82, 2.24) is 9.80 Å². The first-order valence-electron chi connectivity index (χ1n) is 6.19. The predicted molar refractivity (Wildman–Crippen MR) is 62.0 cm³/mol. The van der Waals surface area contributed by atoms with Crippen molar-refractivity contribution < 1.29 is 9.90 Å². The lowest BCUT2D eigenvalue weighted by Gasteiger charge is -2.44. The number of hydrogen-bond donors (Lipinski definition) is 1. The maximum Gasteiger partial charge on any atom is 0.236 e. The lowest BCUT2D eigenvalue weighted by molar-refractivity contribution is -0.141. The zero-order chi connectivity index (χ0) is 11.8. The third-order valence-electron chi connectivity index (χ3n) is 3.50. The van der Waals surface area contributed by atoms with E-state index in [4.69, 9.17) is 0 Å². The van der Waals surface area contributed by atoms with E-state index in [0.29, 0.717) is 25.6 Å². The highest BCUT2D eigenvalue weighted by Gasteiger charge is 2.37. The summed E-state index contributed by atoms with van der Waals surface area (Å²) in [6, 6.07) is 0. The Bertz CT molecular complexity index is 270. The molecule has 92 valence electrons. The molecule has 4 heteroatoms. The second kappa shape index (κ2) is 4.34. The minimum atomic E-state index is -0.574. The van der Waals surface area contributed by atoms with E-state index >= 15 is 0 Å². The van der Waals surface area contributed by atoms with Crippen LogP contribution in [-0.4, -0.2) is 59.1 Å². The zero-order valence-electron chi connectivity index (χ0n) is 10.3. The van der Waals surface area contributed by atoms with Crippen LogP contribution in [0.2, 0.25) is 0 Å². The maximum absolute atomic E-state index is 12.0. The SMILES string of the molecule is CC1CCCN(C(=O)CN2CC(C)(O)C2)C1. The highest BCUT2D eigenvalue weighted by Crippen LogP contribution is 2.20. The van der Waals surface area contributed by atoms with Gasteiger partial charge >= 0.3 is 0 Å². The quantitative estimate of drug-likeness (QED) is 0.737. The number of amides is 1. The van der Waals surface area contributed by atoms with Crippen LogP contribution in [0.25, 0.3) is 0 Å². The molecule has 0 spiro atoms. The second-order valence-corrected chi connectivity index (χ2v) is 5.73. The van der Waals surface area contributed by atoms with E-state index in [1.165, 1.54) is 6.42 Å². The summed E-state index contributed by atoms with van der Waals surface area (Å²) >= 11 is 0. The standard InChI is InChI=1S/C12H22N2O2/c1-10-4-3-5-14(6-10)11(15)7-13-8-12(2,16)9-13/h10,16H,3-9H2,1-2H3. The summed E-state index contributed by atoms with van der Waals surface area (Å²) in [7, 11) is 0. The minimum Gasteiger partial charge on any atom is -0.388 e. The van der Waals surface area contributed by atoms with Crippen LogP contribution in [0, 0.1) is 5.92 Å². The molecule has 2 aliphatic heterocycles. The first kappa shape index (κ1) is 11.9. The van der Waals surface area contributed by atoms with Crippen molar-refractivity contribution in [2.24, 2.45) is 5.92 Å². The van der Waals surface area contributed by atoms with E-state index in [2.05, 4.69) is 6.92 Å². The Labute approximate surface area is 97.2 Å². The topological polar surface area (TPSA) is 43.8 Å². The highest BCUT2D eigenvalue weighted by atomic mass is 16.3. The summed E-state index contributed by atoms with van der Waals surface area (Å²) in [4.78, 5) is 15.9. The Kier molecular flexibility index (Phi) is 3.22. The molecule has 0 saturated carbocycles. The number of carbonyl (C=O) groups excluding carboxylic acids is 1. The van der Waals surface area contributed by atoms with Gasteiger partial charge in [0, 0.05) is 26.2 Å². The fraction of sp³-hybridized carbons (Fsp3) is 0.917. The highest BCUT2D eigenvalue weighted by molar-refractivity contribution is 5.78. The fourth-order valence-electron chi connectivity index (χ4n) is 2.74. The Morgan fingerprint density at radius 3 is 2.75 bits per heavy atom. The molecule has 4 nitrogen and oxygen atoms in total. The molecule has 1 amide bonds. The fourth-order valence-corrected chi connectivity index (χ4v) is 2.74. The molecule has 0 aromatic carbocycles. The van der Waals surface area contributed by atoms with E-state index < -0.39 is 5.60 Å². The van der Waals surface area contributed by atoms with Crippen LogP contribution in [0.4, 0.5) is 0 Å². The first-order chi connectivity index (χ1) is 7.46. The summed E-state index contributed by atoms with van der Waals surface area (Å²) in [5, 5.41) is 9.58. The molecule has 2 saturated heterocycles. The number of likely N-dealkylation sites (tertiary alicyclic amines) is 2. The Balaban J connectivity index is 1.76. The number of β-amino-alcohol motifs (C(OH)–C–C–N with tert-alkyl or cyclic N) is 1. The van der Waals surface area contributed by atoms with Crippen molar-refractivity contribution in [3.8, 4) is 0 Å². The molecule has 0 aromatic heterocycles.